The summed E-state index contributed by atoms with van der Waals surface area (Å²) in [6.07, 6.45) is 1.68. The number of aromatic nitrogens is 1. The first-order valence-corrected chi connectivity index (χ1v) is 6.07. The average molecular weight is 241 g/mol. The monoisotopic (exact) mass is 241 g/mol. The Morgan fingerprint density at radius 3 is 2.59 bits per heavy atom. The summed E-state index contributed by atoms with van der Waals surface area (Å²) in [7, 11) is 0. The predicted octanol–water partition coefficient (Wildman–Crippen LogP) is 4.00. The van der Waals surface area contributed by atoms with Gasteiger partial charge in [-0.2, -0.15) is 13.2 Å². The van der Waals surface area contributed by atoms with Gasteiger partial charge in [-0.05, 0) is 54.7 Å². The molecule has 92 valence electrons. The van der Waals surface area contributed by atoms with Crippen molar-refractivity contribution in [1.29, 1.82) is 0 Å². The minimum absolute atomic E-state index is 0.331. The van der Waals surface area contributed by atoms with E-state index in [0.717, 1.165) is 17.9 Å². The van der Waals surface area contributed by atoms with E-state index in [4.69, 9.17) is 0 Å². The van der Waals surface area contributed by atoms with E-state index in [9.17, 15) is 13.2 Å². The number of hydrogen-bond acceptors (Lipinski definition) is 1. The van der Waals surface area contributed by atoms with Crippen LogP contribution in [0.1, 0.15) is 42.9 Å². The largest absolute Gasteiger partial charge is 0.433 e. The Labute approximate surface area is 98.1 Å². The highest BCUT2D eigenvalue weighted by Gasteiger charge is 2.41. The molecule has 2 bridgehead atoms. The van der Waals surface area contributed by atoms with Crippen molar-refractivity contribution in [1.82, 2.24) is 4.98 Å². The molecule has 3 rings (SSSR count). The number of halogens is 3. The fraction of sp³-hybridized carbons (Fsp3) is 0.615. The maximum atomic E-state index is 12.6. The third kappa shape index (κ3) is 1.94. The van der Waals surface area contributed by atoms with Crippen molar-refractivity contribution < 1.29 is 13.2 Å². The molecule has 0 spiro atoms. The highest BCUT2D eigenvalue weighted by molar-refractivity contribution is 5.25. The molecule has 0 aliphatic heterocycles. The molecule has 4 heteroatoms. The van der Waals surface area contributed by atoms with E-state index in [-0.39, 0.29) is 0 Å². The molecule has 2 saturated carbocycles. The summed E-state index contributed by atoms with van der Waals surface area (Å²) in [5, 5.41) is 0. The maximum Gasteiger partial charge on any atom is 0.433 e. The van der Waals surface area contributed by atoms with Gasteiger partial charge in [0.15, 0.2) is 0 Å². The van der Waals surface area contributed by atoms with Gasteiger partial charge in [0.25, 0.3) is 0 Å². The summed E-state index contributed by atoms with van der Waals surface area (Å²) >= 11 is 0. The summed E-state index contributed by atoms with van der Waals surface area (Å²) in [6, 6.07) is 2.99. The van der Waals surface area contributed by atoms with Gasteiger partial charge in [-0.15, -0.1) is 0 Å². The van der Waals surface area contributed by atoms with E-state index in [1.165, 1.54) is 31.5 Å². The van der Waals surface area contributed by atoms with Gasteiger partial charge in [-0.1, -0.05) is 6.42 Å². The van der Waals surface area contributed by atoms with Gasteiger partial charge in [0.2, 0.25) is 0 Å². The number of fused-ring (bicyclic) bond motifs is 2. The number of rotatable bonds is 1. The summed E-state index contributed by atoms with van der Waals surface area (Å²) < 4.78 is 37.7. The fourth-order valence-electron chi connectivity index (χ4n) is 3.49. The lowest BCUT2D eigenvalue weighted by atomic mass is 9.83. The zero-order valence-electron chi connectivity index (χ0n) is 9.37. The molecule has 2 aliphatic carbocycles. The Morgan fingerprint density at radius 1 is 1.18 bits per heavy atom. The van der Waals surface area contributed by atoms with Crippen LogP contribution >= 0.6 is 0 Å². The Kier molecular flexibility index (Phi) is 2.42. The molecule has 3 atom stereocenters. The van der Waals surface area contributed by atoms with E-state index in [2.05, 4.69) is 4.98 Å². The molecule has 0 radical (unpaired) electrons. The molecule has 0 aromatic carbocycles. The SMILES string of the molecule is FC(F)(F)c1cc(C2CC3CCC2C3)ccn1. The predicted molar refractivity (Wildman–Crippen MR) is 57.4 cm³/mol. The first-order valence-electron chi connectivity index (χ1n) is 6.07. The van der Waals surface area contributed by atoms with E-state index in [0.29, 0.717) is 11.8 Å². The second kappa shape index (κ2) is 3.72. The number of nitrogens with zero attached hydrogens (tertiary/aromatic N) is 1. The summed E-state index contributed by atoms with van der Waals surface area (Å²) in [6.45, 7) is 0. The Balaban J connectivity index is 1.89. The standard InChI is InChI=1S/C13H14F3N/c14-13(15,16)12-7-10(3-4-17-12)11-6-8-1-2-9(11)5-8/h3-4,7-9,11H,1-2,5-6H2. The Morgan fingerprint density at radius 2 is 2.00 bits per heavy atom. The average Bonchev–Trinajstić information content (AvgIpc) is 2.89. The first-order chi connectivity index (χ1) is 8.04. The molecule has 1 heterocycles. The second-order valence-electron chi connectivity index (χ2n) is 5.25. The summed E-state index contributed by atoms with van der Waals surface area (Å²) in [4.78, 5) is 3.42. The topological polar surface area (TPSA) is 12.9 Å². The molecule has 2 fully saturated rings. The van der Waals surface area contributed by atoms with Crippen molar-refractivity contribution in [2.24, 2.45) is 11.8 Å². The van der Waals surface area contributed by atoms with Crippen LogP contribution < -0.4 is 0 Å². The Hall–Kier alpha value is -1.06. The van der Waals surface area contributed by atoms with Crippen molar-refractivity contribution in [3.63, 3.8) is 0 Å². The number of hydrogen-bond donors (Lipinski definition) is 0. The van der Waals surface area contributed by atoms with E-state index >= 15 is 0 Å². The highest BCUT2D eigenvalue weighted by Crippen LogP contribution is 2.53. The summed E-state index contributed by atoms with van der Waals surface area (Å²) in [5.74, 6) is 1.67. The third-order valence-corrected chi connectivity index (χ3v) is 4.24. The van der Waals surface area contributed by atoms with Gasteiger partial charge in [0, 0.05) is 6.20 Å². The first kappa shape index (κ1) is 11.1. The van der Waals surface area contributed by atoms with Crippen LogP contribution in [0.15, 0.2) is 18.3 Å². The van der Waals surface area contributed by atoms with Crippen molar-refractivity contribution >= 4 is 0 Å². The quantitative estimate of drug-likeness (QED) is 0.724. The molecular formula is C13H14F3N. The van der Waals surface area contributed by atoms with E-state index in [1.54, 1.807) is 6.07 Å². The lowest BCUT2D eigenvalue weighted by molar-refractivity contribution is -0.141. The van der Waals surface area contributed by atoms with Crippen LogP contribution in [0.2, 0.25) is 0 Å². The van der Waals surface area contributed by atoms with Crippen LogP contribution in [0, 0.1) is 11.8 Å². The minimum Gasteiger partial charge on any atom is -0.252 e. The molecule has 1 nitrogen and oxygen atoms in total. The smallest absolute Gasteiger partial charge is 0.252 e. The van der Waals surface area contributed by atoms with Gasteiger partial charge in [0.05, 0.1) is 0 Å². The number of pyridine rings is 1. The number of alkyl halides is 3. The van der Waals surface area contributed by atoms with Crippen LogP contribution in [0.3, 0.4) is 0 Å². The minimum atomic E-state index is -4.33. The maximum absolute atomic E-state index is 12.6. The lowest BCUT2D eigenvalue weighted by Gasteiger charge is -2.22. The molecule has 0 saturated heterocycles. The van der Waals surface area contributed by atoms with Crippen molar-refractivity contribution in [2.45, 2.75) is 37.8 Å². The molecular weight excluding hydrogens is 227 g/mol. The zero-order chi connectivity index (χ0) is 12.0. The zero-order valence-corrected chi connectivity index (χ0v) is 9.37. The van der Waals surface area contributed by atoms with Gasteiger partial charge >= 0.3 is 6.18 Å². The Bertz CT molecular complexity index is 427. The highest BCUT2D eigenvalue weighted by atomic mass is 19.4. The normalized spacial score (nSPS) is 32.1. The summed E-state index contributed by atoms with van der Waals surface area (Å²) in [5.41, 5.74) is 0.0808. The molecule has 0 amide bonds. The van der Waals surface area contributed by atoms with Crippen molar-refractivity contribution in [3.8, 4) is 0 Å². The van der Waals surface area contributed by atoms with Crippen molar-refractivity contribution in [3.05, 3.63) is 29.6 Å². The van der Waals surface area contributed by atoms with Crippen LogP contribution in [-0.2, 0) is 6.18 Å². The van der Waals surface area contributed by atoms with Gasteiger partial charge in [0.1, 0.15) is 5.69 Å². The van der Waals surface area contributed by atoms with Crippen LogP contribution in [0.4, 0.5) is 13.2 Å². The lowest BCUT2D eigenvalue weighted by Crippen LogP contribution is -2.12. The van der Waals surface area contributed by atoms with Crippen molar-refractivity contribution in [2.75, 3.05) is 0 Å². The third-order valence-electron chi connectivity index (χ3n) is 4.24. The van der Waals surface area contributed by atoms with Gasteiger partial charge in [-0.25, -0.2) is 0 Å². The van der Waals surface area contributed by atoms with Crippen LogP contribution in [0.5, 0.6) is 0 Å². The fourth-order valence-corrected chi connectivity index (χ4v) is 3.49. The van der Waals surface area contributed by atoms with E-state index < -0.39 is 11.9 Å². The molecule has 1 aromatic rings. The van der Waals surface area contributed by atoms with Gasteiger partial charge in [-0.3, -0.25) is 4.98 Å². The van der Waals surface area contributed by atoms with Crippen LogP contribution in [0.25, 0.3) is 0 Å². The van der Waals surface area contributed by atoms with Gasteiger partial charge < -0.3 is 0 Å². The van der Waals surface area contributed by atoms with Crippen LogP contribution in [-0.4, -0.2) is 4.98 Å². The molecule has 3 unspecified atom stereocenters. The molecule has 0 N–H and O–H groups in total. The second-order valence-corrected chi connectivity index (χ2v) is 5.25. The molecule has 1 aromatic heterocycles. The molecule has 17 heavy (non-hydrogen) atoms. The van der Waals surface area contributed by atoms with E-state index in [1.807, 2.05) is 0 Å². The molecule has 2 aliphatic rings.